The number of nitrogens with one attached hydrogen (secondary N) is 3. The standard InChI is InChI=1S/C41H77O8P.C39H71N3O17/c1-5-7-9-11-13-15-17-19-21-23-25-27-29-31-33-35-40(42)47-37-39(38-48-50(44,45-3)46-4)49-41(43)36-34-32-30-28-26-24-22-20-18-16-14-12-10-8-6-2;1-4-5-6-7-8-9-11-15-26(46)40-17-13-10-12-16-27(47)41-18-14-19-54-39-36(59-38-34(53)33(52)29(48)22(2)55-38)35(31(50)25(21-44)57-39)58-37-28(42-23(3)45)32(51)30(49)24(20-43)56-37/h19-22,39H,5-18,23-38H2,1-4H3;22,24-25,28-39,43-44,48-53H,4-21H2,1-3H3,(H,40,46)(H,41,47)(H,42,45)/b21-19+,22-20+;/t39-;22?,24?,25?,28?,29-,30+,31+,32-,33+,34?,35+,36?,37-,38+,39-/m11/s1. The lowest BCUT2D eigenvalue weighted by Crippen LogP contribution is -2.68. The number of allylic oxidation sites excluding steroid dienone is 4. The molecule has 11 N–H and O–H groups in total. The fourth-order valence-electron chi connectivity index (χ4n) is 12.9. The summed E-state index contributed by atoms with van der Waals surface area (Å²) in [4.78, 5) is 61.6. The third-order valence-corrected chi connectivity index (χ3v) is 21.0. The minimum absolute atomic E-state index is 0.0555. The second-order valence-electron chi connectivity index (χ2n) is 29.2. The van der Waals surface area contributed by atoms with Gasteiger partial charge in [0.05, 0.1) is 32.5 Å². The molecule has 3 saturated heterocycles. The van der Waals surface area contributed by atoms with Gasteiger partial charge in [-0.25, -0.2) is 4.57 Å². The second-order valence-corrected chi connectivity index (χ2v) is 31.1. The maximum absolute atomic E-state index is 12.6. The van der Waals surface area contributed by atoms with Crippen LogP contribution in [0.5, 0.6) is 0 Å². The summed E-state index contributed by atoms with van der Waals surface area (Å²) >= 11 is 0. The summed E-state index contributed by atoms with van der Waals surface area (Å²) < 4.78 is 73.5. The molecule has 0 radical (unpaired) electrons. The average Bonchev–Trinajstić information content (AvgIpc) is 0.772. The number of rotatable bonds is 64. The number of carbonyl (C=O) groups excluding carboxylic acids is 5. The van der Waals surface area contributed by atoms with Crippen LogP contribution in [-0.4, -0.2) is 229 Å². The Balaban J connectivity index is 0.000000752. The molecule has 3 heterocycles. The number of amides is 3. The molecule has 0 aromatic heterocycles. The van der Waals surface area contributed by atoms with Gasteiger partial charge in [0.15, 0.2) is 25.0 Å². The smallest absolute Gasteiger partial charge is 0.462 e. The van der Waals surface area contributed by atoms with E-state index in [0.717, 1.165) is 110 Å². The number of esters is 2. The van der Waals surface area contributed by atoms with Crippen molar-refractivity contribution in [3.63, 3.8) is 0 Å². The van der Waals surface area contributed by atoms with E-state index in [-0.39, 0.29) is 63.4 Å². The van der Waals surface area contributed by atoms with E-state index >= 15 is 0 Å². The number of aliphatic hydroxyl groups excluding tert-OH is 8. The van der Waals surface area contributed by atoms with Gasteiger partial charge in [-0.1, -0.05) is 193 Å². The molecule has 0 aromatic rings. The molecule has 3 aliphatic rings. The predicted molar refractivity (Wildman–Crippen MR) is 414 cm³/mol. The van der Waals surface area contributed by atoms with Gasteiger partial charge < -0.3 is 94.7 Å². The highest BCUT2D eigenvalue weighted by Gasteiger charge is 2.55. The van der Waals surface area contributed by atoms with E-state index in [1.54, 1.807) is 0 Å². The lowest BCUT2D eigenvalue weighted by Gasteiger charge is -2.49. The number of aliphatic hydroxyl groups is 8. The van der Waals surface area contributed by atoms with E-state index in [1.165, 1.54) is 143 Å². The first-order valence-corrected chi connectivity index (χ1v) is 43.1. The van der Waals surface area contributed by atoms with Gasteiger partial charge in [0.25, 0.3) is 0 Å². The van der Waals surface area contributed by atoms with Gasteiger partial charge >= 0.3 is 19.8 Å². The molecular formula is C80H148N3O25P. The van der Waals surface area contributed by atoms with E-state index in [9.17, 15) is 69.4 Å². The Labute approximate surface area is 652 Å². The maximum atomic E-state index is 12.6. The first-order valence-electron chi connectivity index (χ1n) is 41.6. The fourth-order valence-corrected chi connectivity index (χ4v) is 13.6. The van der Waals surface area contributed by atoms with Crippen molar-refractivity contribution in [1.29, 1.82) is 0 Å². The molecular weight excluding hydrogens is 1430 g/mol. The monoisotopic (exact) mass is 1580 g/mol. The molecule has 28 nitrogen and oxygen atoms in total. The summed E-state index contributed by atoms with van der Waals surface area (Å²) in [6.07, 6.45) is 29.4. The third kappa shape index (κ3) is 46.5. The van der Waals surface area contributed by atoms with Crippen molar-refractivity contribution in [1.82, 2.24) is 16.0 Å². The largest absolute Gasteiger partial charge is 0.474 e. The van der Waals surface area contributed by atoms with Crippen LogP contribution >= 0.6 is 7.82 Å². The molecule has 3 fully saturated rings. The summed E-state index contributed by atoms with van der Waals surface area (Å²) in [5.41, 5.74) is 0. The highest BCUT2D eigenvalue weighted by molar-refractivity contribution is 7.48. The molecule has 3 aliphatic heterocycles. The van der Waals surface area contributed by atoms with E-state index < -0.39 is 131 Å². The van der Waals surface area contributed by atoms with Gasteiger partial charge in [0.1, 0.15) is 73.7 Å². The first-order chi connectivity index (χ1) is 52.6. The van der Waals surface area contributed by atoms with Crippen LogP contribution in [0, 0.1) is 0 Å². The van der Waals surface area contributed by atoms with Crippen molar-refractivity contribution >= 4 is 37.5 Å². The molecule has 29 heteroatoms. The van der Waals surface area contributed by atoms with Crippen molar-refractivity contribution in [3.8, 4) is 0 Å². The Morgan fingerprint density at radius 2 is 0.872 bits per heavy atom. The molecule has 638 valence electrons. The second kappa shape index (κ2) is 64.6. The van der Waals surface area contributed by atoms with Gasteiger partial charge in [0, 0.05) is 59.9 Å². The molecule has 0 spiro atoms. The zero-order chi connectivity index (χ0) is 80.3. The summed E-state index contributed by atoms with van der Waals surface area (Å²) in [5.74, 6) is -1.50. The number of hydrogen-bond acceptors (Lipinski definition) is 25. The van der Waals surface area contributed by atoms with Gasteiger partial charge in [0.2, 0.25) is 17.7 Å². The average molecular weight is 1580 g/mol. The van der Waals surface area contributed by atoms with Crippen LogP contribution in [0.2, 0.25) is 0 Å². The summed E-state index contributed by atoms with van der Waals surface area (Å²) in [6, 6.07) is -1.43. The Morgan fingerprint density at radius 3 is 1.35 bits per heavy atom. The number of hydrogen-bond donors (Lipinski definition) is 11. The zero-order valence-corrected chi connectivity index (χ0v) is 68.3. The third-order valence-electron chi connectivity index (χ3n) is 19.7. The lowest BCUT2D eigenvalue weighted by atomic mass is 9.95. The van der Waals surface area contributed by atoms with Crippen LogP contribution in [0.3, 0.4) is 0 Å². The summed E-state index contributed by atoms with van der Waals surface area (Å²) in [5, 5.41) is 92.3. The summed E-state index contributed by atoms with van der Waals surface area (Å²) in [6.45, 7) is 8.01. The van der Waals surface area contributed by atoms with E-state index in [4.69, 9.17) is 51.5 Å². The lowest BCUT2D eigenvalue weighted by molar-refractivity contribution is -0.385. The Hall–Kier alpha value is -3.62. The number of ether oxygens (including phenoxy) is 8. The molecule has 3 rings (SSSR count). The van der Waals surface area contributed by atoms with Crippen LogP contribution in [0.4, 0.5) is 0 Å². The van der Waals surface area contributed by atoms with Crippen molar-refractivity contribution in [2.45, 2.75) is 396 Å². The van der Waals surface area contributed by atoms with Crippen LogP contribution in [0.25, 0.3) is 0 Å². The van der Waals surface area contributed by atoms with E-state index in [0.29, 0.717) is 25.8 Å². The van der Waals surface area contributed by atoms with Crippen LogP contribution in [0.15, 0.2) is 24.3 Å². The van der Waals surface area contributed by atoms with Gasteiger partial charge in [-0.15, -0.1) is 0 Å². The Kier molecular flexibility index (Phi) is 60.2. The number of phosphoric acid groups is 1. The molecule has 16 atom stereocenters. The van der Waals surface area contributed by atoms with Crippen molar-refractivity contribution in [2.75, 3.05) is 60.3 Å². The van der Waals surface area contributed by atoms with Crippen LogP contribution in [0.1, 0.15) is 298 Å². The molecule has 109 heavy (non-hydrogen) atoms. The highest BCUT2D eigenvalue weighted by Crippen LogP contribution is 2.47. The highest BCUT2D eigenvalue weighted by atomic mass is 31.2. The molecule has 0 bridgehead atoms. The zero-order valence-electron chi connectivity index (χ0n) is 67.5. The molecule has 0 saturated carbocycles. The maximum Gasteiger partial charge on any atom is 0.474 e. The first kappa shape index (κ1) is 101. The quantitative estimate of drug-likeness (QED) is 0.0117. The molecule has 0 aromatic carbocycles. The Morgan fingerprint density at radius 1 is 0.450 bits per heavy atom. The molecule has 6 unspecified atom stereocenters. The predicted octanol–water partition coefficient (Wildman–Crippen LogP) is 10.9. The van der Waals surface area contributed by atoms with Crippen LogP contribution in [-0.2, 0) is 80.0 Å². The number of phosphoric ester groups is 1. The number of unbranched alkanes of at least 4 members (excludes halogenated alkanes) is 30. The molecule has 0 aliphatic carbocycles. The summed E-state index contributed by atoms with van der Waals surface area (Å²) in [7, 11) is -1.34. The van der Waals surface area contributed by atoms with Gasteiger partial charge in [-0.05, 0) is 96.8 Å². The normalized spacial score (nSPS) is 24.7. The SMILES string of the molecule is CCCCCCCC/C=C/CCCCCCCC(=O)OC[C@H](COP(=O)(OC)OC)OC(=O)CCCCCCC/C=C/CCCCCCCC.CCCCCCCCCC(=O)NCCCCCC(=O)NCCCO[C@@H]1OC(CO)[C@H](O)[C@H](O[C@H]2OC(CO)[C@H](O)[C@H](O)C2NC(C)=O)C1O[C@@H]1OC(C)[C@@H](O)[C@H](O)C1O. The van der Waals surface area contributed by atoms with Gasteiger partial charge in [-0.2, -0.15) is 0 Å². The number of carbonyl (C=O) groups is 5. The minimum atomic E-state index is -3.77. The molecule has 3 amide bonds. The van der Waals surface area contributed by atoms with E-state index in [2.05, 4.69) is 61.0 Å². The minimum Gasteiger partial charge on any atom is -0.462 e. The topological polar surface area (TPSA) is 402 Å². The van der Waals surface area contributed by atoms with Gasteiger partial charge in [-0.3, -0.25) is 37.5 Å². The fraction of sp³-hybridized carbons (Fsp3) is 0.887. The Bertz CT molecular complexity index is 2410. The van der Waals surface area contributed by atoms with Crippen molar-refractivity contribution < 1.29 is 121 Å². The van der Waals surface area contributed by atoms with E-state index in [1.807, 2.05) is 0 Å². The van der Waals surface area contributed by atoms with Crippen LogP contribution < -0.4 is 16.0 Å². The van der Waals surface area contributed by atoms with Crippen molar-refractivity contribution in [3.05, 3.63) is 24.3 Å². The van der Waals surface area contributed by atoms with Crippen molar-refractivity contribution in [2.24, 2.45) is 0 Å².